The molecule has 0 unspecified atom stereocenters. The quantitative estimate of drug-likeness (QED) is 0.873. The zero-order valence-electron chi connectivity index (χ0n) is 13.5. The van der Waals surface area contributed by atoms with Gasteiger partial charge in [0.25, 0.3) is 5.56 Å². The molecule has 122 valence electrons. The number of ether oxygens (including phenoxy) is 2. The third-order valence-corrected chi connectivity index (χ3v) is 4.86. The van der Waals surface area contributed by atoms with Crippen LogP contribution in [-0.4, -0.2) is 35.9 Å². The number of aryl methyl sites for hydroxylation is 1. The lowest BCUT2D eigenvalue weighted by Gasteiger charge is -2.27. The Balaban J connectivity index is 1.71. The summed E-state index contributed by atoms with van der Waals surface area (Å²) >= 11 is 0. The smallest absolute Gasteiger partial charge is 0.253 e. The topological polar surface area (TPSA) is 43.7 Å². The number of aromatic nitrogens is 1. The van der Waals surface area contributed by atoms with Crippen LogP contribution in [0.4, 0.5) is 0 Å². The third-order valence-electron chi connectivity index (χ3n) is 4.86. The van der Waals surface area contributed by atoms with Gasteiger partial charge < -0.3 is 18.9 Å². The minimum Gasteiger partial charge on any atom is -0.454 e. The number of pyridine rings is 1. The normalized spacial score (nSPS) is 17.8. The van der Waals surface area contributed by atoms with Crippen molar-refractivity contribution in [2.24, 2.45) is 0 Å². The van der Waals surface area contributed by atoms with Crippen molar-refractivity contribution in [2.75, 3.05) is 26.4 Å². The van der Waals surface area contributed by atoms with Gasteiger partial charge >= 0.3 is 0 Å². The summed E-state index contributed by atoms with van der Waals surface area (Å²) < 4.78 is 12.8. The van der Waals surface area contributed by atoms with E-state index in [0.717, 1.165) is 54.1 Å². The summed E-state index contributed by atoms with van der Waals surface area (Å²) in [7, 11) is 0. The molecule has 1 fully saturated rings. The van der Waals surface area contributed by atoms with Gasteiger partial charge in [0, 0.05) is 30.1 Å². The maximum Gasteiger partial charge on any atom is 0.253 e. The summed E-state index contributed by atoms with van der Waals surface area (Å²) in [5.74, 6) is 1.49. The van der Waals surface area contributed by atoms with Crippen LogP contribution in [0.5, 0.6) is 11.5 Å². The Labute approximate surface area is 135 Å². The molecule has 4 rings (SSSR count). The van der Waals surface area contributed by atoms with E-state index in [-0.39, 0.29) is 12.4 Å². The van der Waals surface area contributed by atoms with Gasteiger partial charge in [-0.3, -0.25) is 4.79 Å². The lowest BCUT2D eigenvalue weighted by molar-refractivity contribution is 0.174. The molecular weight excluding hydrogens is 292 g/mol. The van der Waals surface area contributed by atoms with Crippen LogP contribution in [0.15, 0.2) is 23.0 Å². The molecule has 5 heteroatoms. The highest BCUT2D eigenvalue weighted by Gasteiger charge is 2.18. The van der Waals surface area contributed by atoms with Crippen molar-refractivity contribution in [3.05, 3.63) is 34.1 Å². The molecular formula is C18H22N2O3. The summed E-state index contributed by atoms with van der Waals surface area (Å²) in [5, 5.41) is 1.03. The van der Waals surface area contributed by atoms with E-state index < -0.39 is 0 Å². The minimum atomic E-state index is 0.0911. The van der Waals surface area contributed by atoms with E-state index in [4.69, 9.17) is 9.47 Å². The Hall–Kier alpha value is -2.01. The van der Waals surface area contributed by atoms with Gasteiger partial charge in [0.1, 0.15) is 0 Å². The molecule has 0 amide bonds. The molecule has 2 aliphatic rings. The van der Waals surface area contributed by atoms with Gasteiger partial charge in [-0.2, -0.15) is 0 Å². The second-order valence-corrected chi connectivity index (χ2v) is 6.45. The summed E-state index contributed by atoms with van der Waals surface area (Å²) in [6.07, 6.45) is 3.86. The molecule has 0 N–H and O–H groups in total. The van der Waals surface area contributed by atoms with Crippen LogP contribution in [0.2, 0.25) is 0 Å². The van der Waals surface area contributed by atoms with Crippen LogP contribution < -0.4 is 15.0 Å². The van der Waals surface area contributed by atoms with E-state index in [0.29, 0.717) is 0 Å². The average molecular weight is 314 g/mol. The first kappa shape index (κ1) is 14.6. The highest BCUT2D eigenvalue weighted by Crippen LogP contribution is 2.35. The summed E-state index contributed by atoms with van der Waals surface area (Å²) in [5.41, 5.74) is 1.80. The first-order chi connectivity index (χ1) is 11.2. The van der Waals surface area contributed by atoms with Crippen molar-refractivity contribution >= 4 is 10.9 Å². The van der Waals surface area contributed by atoms with Crippen LogP contribution in [0.25, 0.3) is 10.9 Å². The van der Waals surface area contributed by atoms with E-state index >= 15 is 0 Å². The van der Waals surface area contributed by atoms with Gasteiger partial charge in [-0.15, -0.1) is 0 Å². The number of piperidine rings is 1. The maximum atomic E-state index is 12.6. The Morgan fingerprint density at radius 3 is 2.52 bits per heavy atom. The fourth-order valence-electron chi connectivity index (χ4n) is 3.56. The Morgan fingerprint density at radius 1 is 1.00 bits per heavy atom. The molecule has 0 spiro atoms. The van der Waals surface area contributed by atoms with Crippen LogP contribution in [0.1, 0.15) is 24.8 Å². The Kier molecular flexibility index (Phi) is 3.73. The standard InChI is InChI=1S/C18H22N2O3/c1-13-9-14-10-16-17(23-12-22-16)11-15(14)20(18(13)21)8-7-19-5-3-2-4-6-19/h9-11H,2-8,12H2,1H3. The number of fused-ring (bicyclic) bond motifs is 2. The van der Waals surface area contributed by atoms with Crippen molar-refractivity contribution in [3.63, 3.8) is 0 Å². The van der Waals surface area contributed by atoms with E-state index in [1.165, 1.54) is 19.3 Å². The number of likely N-dealkylation sites (tertiary alicyclic amines) is 1. The van der Waals surface area contributed by atoms with Crippen molar-refractivity contribution in [1.29, 1.82) is 0 Å². The van der Waals surface area contributed by atoms with Crippen LogP contribution in [0, 0.1) is 6.92 Å². The first-order valence-corrected chi connectivity index (χ1v) is 8.38. The van der Waals surface area contributed by atoms with Crippen molar-refractivity contribution < 1.29 is 9.47 Å². The molecule has 3 heterocycles. The van der Waals surface area contributed by atoms with Crippen LogP contribution in [-0.2, 0) is 6.54 Å². The lowest BCUT2D eigenvalue weighted by atomic mass is 10.1. The number of benzene rings is 1. The van der Waals surface area contributed by atoms with Crippen molar-refractivity contribution in [1.82, 2.24) is 9.47 Å². The van der Waals surface area contributed by atoms with Crippen molar-refractivity contribution in [3.8, 4) is 11.5 Å². The zero-order valence-corrected chi connectivity index (χ0v) is 13.5. The molecule has 1 aromatic carbocycles. The number of nitrogens with zero attached hydrogens (tertiary/aromatic N) is 2. The molecule has 1 saturated heterocycles. The second-order valence-electron chi connectivity index (χ2n) is 6.45. The molecule has 23 heavy (non-hydrogen) atoms. The van der Waals surface area contributed by atoms with E-state index in [2.05, 4.69) is 4.90 Å². The Morgan fingerprint density at radius 2 is 1.74 bits per heavy atom. The molecule has 2 aliphatic heterocycles. The van der Waals surface area contributed by atoms with E-state index in [9.17, 15) is 4.79 Å². The summed E-state index contributed by atoms with van der Waals surface area (Å²) in [6.45, 7) is 6.06. The van der Waals surface area contributed by atoms with E-state index in [1.807, 2.05) is 29.7 Å². The van der Waals surface area contributed by atoms with Gasteiger partial charge in [-0.1, -0.05) is 6.42 Å². The number of hydrogen-bond acceptors (Lipinski definition) is 4. The molecule has 0 radical (unpaired) electrons. The monoisotopic (exact) mass is 314 g/mol. The fourth-order valence-corrected chi connectivity index (χ4v) is 3.56. The van der Waals surface area contributed by atoms with Gasteiger partial charge in [-0.05, 0) is 45.0 Å². The fraction of sp³-hybridized carbons (Fsp3) is 0.500. The van der Waals surface area contributed by atoms with Gasteiger partial charge in [0.2, 0.25) is 6.79 Å². The largest absolute Gasteiger partial charge is 0.454 e. The molecule has 2 aromatic rings. The SMILES string of the molecule is Cc1cc2cc3c(cc2n(CCN2CCCCC2)c1=O)OCO3. The highest BCUT2D eigenvalue weighted by molar-refractivity contribution is 5.84. The van der Waals surface area contributed by atoms with Gasteiger partial charge in [-0.25, -0.2) is 0 Å². The number of rotatable bonds is 3. The van der Waals surface area contributed by atoms with E-state index in [1.54, 1.807) is 0 Å². The number of hydrogen-bond donors (Lipinski definition) is 0. The predicted octanol–water partition coefficient (Wildman–Crippen LogP) is 2.52. The molecule has 0 bridgehead atoms. The van der Waals surface area contributed by atoms with Gasteiger partial charge in [0.15, 0.2) is 11.5 Å². The molecule has 0 aliphatic carbocycles. The van der Waals surface area contributed by atoms with Crippen LogP contribution in [0.3, 0.4) is 0 Å². The Bertz CT molecular complexity index is 791. The average Bonchev–Trinajstić information content (AvgIpc) is 3.02. The second kappa shape index (κ2) is 5.89. The molecule has 1 aromatic heterocycles. The lowest BCUT2D eigenvalue weighted by Crippen LogP contribution is -2.35. The van der Waals surface area contributed by atoms with Crippen molar-refractivity contribution in [2.45, 2.75) is 32.7 Å². The molecule has 0 saturated carbocycles. The predicted molar refractivity (Wildman–Crippen MR) is 89.4 cm³/mol. The van der Waals surface area contributed by atoms with Gasteiger partial charge in [0.05, 0.1) is 5.52 Å². The summed E-state index contributed by atoms with van der Waals surface area (Å²) in [6, 6.07) is 5.85. The summed E-state index contributed by atoms with van der Waals surface area (Å²) in [4.78, 5) is 15.1. The van der Waals surface area contributed by atoms with Crippen LogP contribution >= 0.6 is 0 Å². The molecule has 5 nitrogen and oxygen atoms in total. The first-order valence-electron chi connectivity index (χ1n) is 8.38. The minimum absolute atomic E-state index is 0.0911. The molecule has 0 atom stereocenters. The third kappa shape index (κ3) is 2.70. The zero-order chi connectivity index (χ0) is 15.8. The highest BCUT2D eigenvalue weighted by atomic mass is 16.7. The maximum absolute atomic E-state index is 12.6.